The van der Waals surface area contributed by atoms with Gasteiger partial charge in [-0.15, -0.1) is 0 Å². The maximum atomic E-state index is 7.69. The number of hydrogen-bond donors (Lipinski definition) is 0. The van der Waals surface area contributed by atoms with E-state index in [1.165, 1.54) is 76.6 Å². The molecule has 0 N–H and O–H groups in total. The topological polar surface area (TPSA) is 40.4 Å². The molecule has 0 saturated heterocycles. The Morgan fingerprint density at radius 2 is 0.737 bits per heavy atom. The van der Waals surface area contributed by atoms with Crippen molar-refractivity contribution < 1.29 is 9.15 Å². The van der Waals surface area contributed by atoms with Crippen molar-refractivity contribution in [2.45, 2.75) is 131 Å². The Labute approximate surface area is 580 Å². The first-order valence-corrected chi connectivity index (χ1v) is 35.4. The third kappa shape index (κ3) is 9.28. The van der Waals surface area contributed by atoms with Crippen molar-refractivity contribution in [1.29, 1.82) is 0 Å². The van der Waals surface area contributed by atoms with Crippen molar-refractivity contribution in [1.82, 2.24) is 13.7 Å². The van der Waals surface area contributed by atoms with Gasteiger partial charge in [0.25, 0.3) is 6.71 Å². The largest absolute Gasteiger partial charge is 0.458 e. The lowest BCUT2D eigenvalue weighted by atomic mass is 9.34. The Bertz CT molecular complexity index is 5930. The average Bonchev–Trinajstić information content (AvgIpc) is 1.13. The van der Waals surface area contributed by atoms with Crippen LogP contribution in [0.4, 0.5) is 17.1 Å². The Kier molecular flexibility index (Phi) is 12.9. The number of fused-ring (bicyclic) bond motifs is 16. The third-order valence-corrected chi connectivity index (χ3v) is 21.9. The molecule has 18 rings (SSSR count). The minimum absolute atomic E-state index is 0.0625. The van der Waals surface area contributed by atoms with Crippen molar-refractivity contribution in [3.63, 3.8) is 0 Å². The lowest BCUT2D eigenvalue weighted by molar-refractivity contribution is 0.486. The highest BCUT2D eigenvalue weighted by Crippen LogP contribution is 2.53. The molecule has 6 heterocycles. The quantitative estimate of drug-likeness (QED) is 0.161. The zero-order chi connectivity index (χ0) is 68.3. The molecule has 12 aromatic carbocycles. The first-order valence-electron chi connectivity index (χ1n) is 35.4. The number of aromatic nitrogens is 3. The second kappa shape index (κ2) is 21.0. The molecule has 4 aromatic heterocycles. The molecule has 0 bridgehead atoms. The number of para-hydroxylation sites is 4. The van der Waals surface area contributed by atoms with E-state index in [1.807, 2.05) is 0 Å². The maximum absolute atomic E-state index is 7.69. The van der Waals surface area contributed by atoms with Crippen LogP contribution in [0.1, 0.15) is 132 Å². The Balaban J connectivity index is 1.03. The molecule has 0 fully saturated rings. The number of nitrogens with zero attached hydrogens (tertiary/aromatic N) is 4. The summed E-state index contributed by atoms with van der Waals surface area (Å²) in [6.07, 6.45) is 0. The lowest BCUT2D eigenvalue weighted by Crippen LogP contribution is -2.59. The normalized spacial score (nSPS) is 13.6. The van der Waals surface area contributed by atoms with Crippen molar-refractivity contribution in [2.75, 3.05) is 4.90 Å². The molecule has 16 aromatic rings. The van der Waals surface area contributed by atoms with E-state index in [2.05, 4.69) is 353 Å². The van der Waals surface area contributed by atoms with Gasteiger partial charge in [0.1, 0.15) is 22.7 Å². The van der Waals surface area contributed by atoms with Crippen molar-refractivity contribution in [2.24, 2.45) is 0 Å². The molecule has 0 atom stereocenters. The summed E-state index contributed by atoms with van der Waals surface area (Å²) in [5, 5.41) is 9.50. The van der Waals surface area contributed by atoms with Crippen LogP contribution in [0.5, 0.6) is 11.5 Å². The summed E-state index contributed by atoms with van der Waals surface area (Å²) in [6.45, 7) is 34.6. The molecule has 0 radical (unpaired) electrons. The second-order valence-electron chi connectivity index (χ2n) is 33.4. The lowest BCUT2D eigenvalue weighted by Gasteiger charge is -2.42. The summed E-state index contributed by atoms with van der Waals surface area (Å²) >= 11 is 0. The van der Waals surface area contributed by atoms with Gasteiger partial charge in [0.2, 0.25) is 0 Å². The van der Waals surface area contributed by atoms with E-state index in [0.29, 0.717) is 0 Å². The summed E-state index contributed by atoms with van der Waals surface area (Å²) in [4.78, 5) is 2.67. The number of rotatable bonds is 5. The fourth-order valence-corrected chi connectivity index (χ4v) is 16.5. The summed E-state index contributed by atoms with van der Waals surface area (Å²) in [6, 6.07) is 88.0. The molecule has 0 aliphatic carbocycles. The SMILES string of the molecule is CC(C)(C)c1ccc2c(c1)B1c3ccc(-n4c5ccc(C(C)(C)C)cc5c5cc(C(C)(C)C)ccc54)cc3N(c3c(-c4cccc5oc6ccccc6c45)cccc3-n3c4ccccc4c4ccccc43)c3cc(-n4c5ccc(C(C)(C)C)cc5c5cc(C(C)(C)C)ccc54)cc(c31)O2. The van der Waals surface area contributed by atoms with E-state index in [4.69, 9.17) is 9.15 Å². The van der Waals surface area contributed by atoms with E-state index in [0.717, 1.165) is 112 Å². The first-order chi connectivity index (χ1) is 47.3. The van der Waals surface area contributed by atoms with Crippen LogP contribution in [0.25, 0.3) is 116 Å². The van der Waals surface area contributed by atoms with Crippen LogP contribution >= 0.6 is 0 Å². The monoisotopic (exact) mass is 1290 g/mol. The third-order valence-electron chi connectivity index (χ3n) is 21.9. The maximum Gasteiger partial charge on any atom is 0.256 e. The van der Waals surface area contributed by atoms with Crippen LogP contribution in [0.3, 0.4) is 0 Å². The molecule has 6 nitrogen and oxygen atoms in total. The van der Waals surface area contributed by atoms with Gasteiger partial charge < -0.3 is 27.8 Å². The van der Waals surface area contributed by atoms with Crippen LogP contribution < -0.4 is 26.0 Å². The molecule has 7 heteroatoms. The van der Waals surface area contributed by atoms with Crippen molar-refractivity contribution in [3.8, 4) is 39.7 Å². The molecule has 0 unspecified atom stereocenters. The van der Waals surface area contributed by atoms with E-state index >= 15 is 0 Å². The molecule has 0 amide bonds. The molecule has 0 saturated carbocycles. The molecule has 0 spiro atoms. The minimum atomic E-state index is -0.232. The van der Waals surface area contributed by atoms with Crippen LogP contribution in [-0.2, 0) is 27.1 Å². The van der Waals surface area contributed by atoms with E-state index in [1.54, 1.807) is 0 Å². The standard InChI is InChI=1S/C92H83BN4O2/c1-88(2,3)54-34-41-74-66(46-54)67-47-55(89(4,5)6)35-42-75(67)94(74)59-39-40-70-79(51-59)97(87-64(63-27-23-33-83-85(63)65-26-18-21-32-81(65)98-83)28-22-31-78(87)96-72-29-19-16-24-61(72)62-25-17-20-30-73(62)96)80-52-60(53-84-86(80)93(70)71-50-58(92(13,14)15)38-45-82(71)99-84)95-76-43-36-56(90(7,8)9)48-68(76)69-49-57(91(10,11)12)37-44-77(69)95/h16-53H,1-15H3. The number of hydrogen-bond acceptors (Lipinski definition) is 3. The van der Waals surface area contributed by atoms with Gasteiger partial charge in [-0.05, 0) is 180 Å². The van der Waals surface area contributed by atoms with Crippen LogP contribution in [0, 0.1) is 0 Å². The van der Waals surface area contributed by atoms with E-state index in [9.17, 15) is 0 Å². The predicted octanol–water partition coefficient (Wildman–Crippen LogP) is 23.4. The first kappa shape index (κ1) is 60.9. The number of ether oxygens (including phenoxy) is 1. The van der Waals surface area contributed by atoms with Crippen LogP contribution in [0.2, 0.25) is 0 Å². The van der Waals surface area contributed by atoms with Gasteiger partial charge in [-0.2, -0.15) is 0 Å². The van der Waals surface area contributed by atoms with Gasteiger partial charge in [0.05, 0.1) is 50.2 Å². The highest BCUT2D eigenvalue weighted by molar-refractivity contribution is 6.99. The van der Waals surface area contributed by atoms with E-state index < -0.39 is 0 Å². The zero-order valence-corrected chi connectivity index (χ0v) is 59.6. The fourth-order valence-electron chi connectivity index (χ4n) is 16.5. The number of benzene rings is 12. The highest BCUT2D eigenvalue weighted by atomic mass is 16.5. The Morgan fingerprint density at radius 1 is 0.293 bits per heavy atom. The number of anilines is 3. The number of furan rings is 1. The van der Waals surface area contributed by atoms with Gasteiger partial charge in [0, 0.05) is 71.8 Å². The summed E-state index contributed by atoms with van der Waals surface area (Å²) in [7, 11) is 0. The molecule has 486 valence electrons. The fraction of sp³-hybridized carbons (Fsp3) is 0.217. The second-order valence-corrected chi connectivity index (χ2v) is 33.4. The van der Waals surface area contributed by atoms with Crippen LogP contribution in [-0.4, -0.2) is 20.4 Å². The smallest absolute Gasteiger partial charge is 0.256 e. The average molecular weight is 1290 g/mol. The van der Waals surface area contributed by atoms with Gasteiger partial charge in [-0.3, -0.25) is 0 Å². The predicted molar refractivity (Wildman–Crippen MR) is 422 cm³/mol. The molecule has 2 aliphatic heterocycles. The van der Waals surface area contributed by atoms with Crippen molar-refractivity contribution in [3.05, 3.63) is 258 Å². The zero-order valence-electron chi connectivity index (χ0n) is 59.6. The van der Waals surface area contributed by atoms with Gasteiger partial charge >= 0.3 is 0 Å². The summed E-state index contributed by atoms with van der Waals surface area (Å²) in [5.74, 6) is 1.71. The van der Waals surface area contributed by atoms with Crippen LogP contribution in [0.15, 0.2) is 235 Å². The Hall–Kier alpha value is -10.5. The van der Waals surface area contributed by atoms with Gasteiger partial charge in [-0.25, -0.2) is 0 Å². The van der Waals surface area contributed by atoms with Gasteiger partial charge in [-0.1, -0.05) is 225 Å². The molecule has 99 heavy (non-hydrogen) atoms. The Morgan fingerprint density at radius 3 is 1.28 bits per heavy atom. The highest BCUT2D eigenvalue weighted by Gasteiger charge is 2.45. The molecule has 2 aliphatic rings. The van der Waals surface area contributed by atoms with E-state index in [-0.39, 0.29) is 33.8 Å². The van der Waals surface area contributed by atoms with Gasteiger partial charge in [0.15, 0.2) is 0 Å². The molecular formula is C92H83BN4O2. The minimum Gasteiger partial charge on any atom is -0.458 e. The molecular weight excluding hydrogens is 1200 g/mol. The summed E-state index contributed by atoms with van der Waals surface area (Å²) < 4.78 is 22.2. The van der Waals surface area contributed by atoms with Crippen molar-refractivity contribution >= 4 is 128 Å². The summed E-state index contributed by atoms with van der Waals surface area (Å²) in [5.41, 5.74) is 26.5.